The van der Waals surface area contributed by atoms with Gasteiger partial charge >= 0.3 is 0 Å². The molecular weight excluding hydrogens is 368 g/mol. The summed E-state index contributed by atoms with van der Waals surface area (Å²) >= 11 is 3.26. The lowest BCUT2D eigenvalue weighted by atomic mass is 9.53. The molecule has 24 heavy (non-hydrogen) atoms. The van der Waals surface area contributed by atoms with Crippen molar-refractivity contribution in [3.05, 3.63) is 29.3 Å². The van der Waals surface area contributed by atoms with Crippen molar-refractivity contribution in [2.75, 3.05) is 5.33 Å². The van der Waals surface area contributed by atoms with Crippen molar-refractivity contribution in [3.8, 4) is 5.75 Å². The molecule has 0 heterocycles. The van der Waals surface area contributed by atoms with Crippen LogP contribution in [0.1, 0.15) is 56.1 Å². The Morgan fingerprint density at radius 2 is 2.08 bits per heavy atom. The minimum absolute atomic E-state index is 0.0490. The average molecular weight is 393 g/mol. The zero-order chi connectivity index (χ0) is 17.1. The molecule has 3 aliphatic rings. The van der Waals surface area contributed by atoms with Gasteiger partial charge in [0.05, 0.1) is 5.33 Å². The Balaban J connectivity index is 1.69. The molecule has 4 rings (SSSR count). The summed E-state index contributed by atoms with van der Waals surface area (Å²) in [4.78, 5) is 12.5. The van der Waals surface area contributed by atoms with Crippen molar-refractivity contribution in [1.29, 1.82) is 0 Å². The first kappa shape index (κ1) is 16.6. The second-order valence-corrected chi connectivity index (χ2v) is 8.77. The molecule has 2 N–H and O–H groups in total. The normalized spacial score (nSPS) is 40.5. The van der Waals surface area contributed by atoms with Crippen molar-refractivity contribution in [3.63, 3.8) is 0 Å². The van der Waals surface area contributed by atoms with Crippen molar-refractivity contribution < 1.29 is 15.0 Å². The number of benzene rings is 1. The second-order valence-electron chi connectivity index (χ2n) is 8.21. The molecule has 0 aliphatic heterocycles. The Kier molecular flexibility index (Phi) is 3.85. The highest BCUT2D eigenvalue weighted by Crippen LogP contribution is 2.64. The van der Waals surface area contributed by atoms with Gasteiger partial charge in [0.15, 0.2) is 5.78 Å². The number of Topliss-reactive ketones (excluding diaryl/α,β-unsaturated/α-hetero) is 1. The summed E-state index contributed by atoms with van der Waals surface area (Å²) in [5.74, 6) is 1.76. The highest BCUT2D eigenvalue weighted by molar-refractivity contribution is 9.09. The van der Waals surface area contributed by atoms with Crippen molar-refractivity contribution in [1.82, 2.24) is 0 Å². The summed E-state index contributed by atoms with van der Waals surface area (Å²) < 4.78 is 0. The molecule has 5 atom stereocenters. The Labute approximate surface area is 151 Å². The number of aromatic hydroxyl groups is 1. The van der Waals surface area contributed by atoms with Crippen LogP contribution in [0.2, 0.25) is 0 Å². The maximum Gasteiger partial charge on any atom is 0.175 e. The molecule has 2 saturated carbocycles. The number of alkyl halides is 1. The van der Waals surface area contributed by atoms with E-state index in [2.05, 4.69) is 28.9 Å². The number of carbonyl (C=O) groups is 1. The molecule has 0 spiro atoms. The maximum atomic E-state index is 12.5. The minimum atomic E-state index is -1.17. The van der Waals surface area contributed by atoms with E-state index in [4.69, 9.17) is 0 Å². The molecule has 0 bridgehead atoms. The minimum Gasteiger partial charge on any atom is -0.508 e. The van der Waals surface area contributed by atoms with Gasteiger partial charge in [0.2, 0.25) is 0 Å². The summed E-state index contributed by atoms with van der Waals surface area (Å²) in [6.45, 7) is 2.15. The molecular formula is C20H25BrO3. The molecule has 0 unspecified atom stereocenters. The maximum absolute atomic E-state index is 12.5. The van der Waals surface area contributed by atoms with Gasteiger partial charge in [-0.2, -0.15) is 0 Å². The van der Waals surface area contributed by atoms with Crippen LogP contribution in [-0.4, -0.2) is 26.9 Å². The molecule has 1 aromatic carbocycles. The van der Waals surface area contributed by atoms with Crippen LogP contribution < -0.4 is 0 Å². The van der Waals surface area contributed by atoms with E-state index in [0.717, 1.165) is 32.1 Å². The number of aliphatic hydroxyl groups is 1. The Bertz CT molecular complexity index is 687. The van der Waals surface area contributed by atoms with E-state index < -0.39 is 5.60 Å². The van der Waals surface area contributed by atoms with E-state index in [-0.39, 0.29) is 16.5 Å². The van der Waals surface area contributed by atoms with E-state index >= 15 is 0 Å². The number of fused-ring (bicyclic) bond motifs is 5. The van der Waals surface area contributed by atoms with Gasteiger partial charge in [-0.1, -0.05) is 28.9 Å². The van der Waals surface area contributed by atoms with Crippen LogP contribution in [0.5, 0.6) is 5.75 Å². The summed E-state index contributed by atoms with van der Waals surface area (Å²) in [6, 6.07) is 5.81. The van der Waals surface area contributed by atoms with E-state index in [1.54, 1.807) is 6.07 Å². The molecule has 0 radical (unpaired) electrons. The predicted molar refractivity (Wildman–Crippen MR) is 96.5 cm³/mol. The van der Waals surface area contributed by atoms with Crippen LogP contribution in [0.4, 0.5) is 0 Å². The number of aryl methyl sites for hydroxylation is 1. The third kappa shape index (κ3) is 2.08. The monoisotopic (exact) mass is 392 g/mol. The van der Waals surface area contributed by atoms with Crippen LogP contribution in [0, 0.1) is 17.3 Å². The SMILES string of the molecule is C[C@]12CC[C@@H]3c4ccc(O)cc4CC[C@H]3[C@@H]1CC[C@]2(O)C(=O)CBr. The fourth-order valence-electron chi connectivity index (χ4n) is 6.15. The summed E-state index contributed by atoms with van der Waals surface area (Å²) in [5.41, 5.74) is 1.20. The number of hydrogen-bond acceptors (Lipinski definition) is 3. The van der Waals surface area contributed by atoms with Gasteiger partial charge < -0.3 is 10.2 Å². The largest absolute Gasteiger partial charge is 0.508 e. The molecule has 0 amide bonds. The zero-order valence-corrected chi connectivity index (χ0v) is 15.7. The molecule has 3 nitrogen and oxygen atoms in total. The van der Waals surface area contributed by atoms with E-state index in [0.29, 0.717) is 29.9 Å². The molecule has 130 valence electrons. The third-order valence-corrected chi connectivity index (χ3v) is 7.95. The molecule has 0 aromatic heterocycles. The van der Waals surface area contributed by atoms with Crippen molar-refractivity contribution in [2.45, 2.75) is 57.0 Å². The Hall–Kier alpha value is -0.870. The van der Waals surface area contributed by atoms with Gasteiger partial charge in [0.25, 0.3) is 0 Å². The van der Waals surface area contributed by atoms with E-state index in [1.165, 1.54) is 11.1 Å². The van der Waals surface area contributed by atoms with Crippen molar-refractivity contribution >= 4 is 21.7 Å². The average Bonchev–Trinajstić information content (AvgIpc) is 2.86. The number of rotatable bonds is 2. The fraction of sp³-hybridized carbons (Fsp3) is 0.650. The number of carbonyl (C=O) groups excluding carboxylic acids is 1. The first-order valence-corrected chi connectivity index (χ1v) is 10.2. The van der Waals surface area contributed by atoms with Gasteiger partial charge in [0, 0.05) is 5.41 Å². The third-order valence-electron chi connectivity index (χ3n) is 7.44. The summed E-state index contributed by atoms with van der Waals surface area (Å²) in [6.07, 6.45) is 5.55. The highest BCUT2D eigenvalue weighted by atomic mass is 79.9. The summed E-state index contributed by atoms with van der Waals surface area (Å²) in [7, 11) is 0. The second kappa shape index (κ2) is 5.57. The Morgan fingerprint density at radius 3 is 2.83 bits per heavy atom. The smallest absolute Gasteiger partial charge is 0.175 e. The number of hydrogen-bond donors (Lipinski definition) is 2. The van der Waals surface area contributed by atoms with Crippen LogP contribution in [0.15, 0.2) is 18.2 Å². The predicted octanol–water partition coefficient (Wildman–Crippen LogP) is 3.94. The van der Waals surface area contributed by atoms with Crippen molar-refractivity contribution in [2.24, 2.45) is 17.3 Å². The number of ketones is 1. The first-order valence-electron chi connectivity index (χ1n) is 9.04. The van der Waals surface area contributed by atoms with Crippen LogP contribution in [0.3, 0.4) is 0 Å². The van der Waals surface area contributed by atoms with Gasteiger partial charge in [-0.3, -0.25) is 4.79 Å². The van der Waals surface area contributed by atoms with Gasteiger partial charge in [-0.15, -0.1) is 0 Å². The molecule has 3 aliphatic carbocycles. The fourth-order valence-corrected chi connectivity index (χ4v) is 6.62. The number of phenols is 1. The first-order chi connectivity index (χ1) is 11.4. The molecule has 1 aromatic rings. The lowest BCUT2D eigenvalue weighted by Gasteiger charge is -2.52. The topological polar surface area (TPSA) is 57.5 Å². The highest BCUT2D eigenvalue weighted by Gasteiger charge is 2.63. The number of halogens is 1. The van der Waals surface area contributed by atoms with Crippen LogP contribution >= 0.6 is 15.9 Å². The van der Waals surface area contributed by atoms with Gasteiger partial charge in [-0.25, -0.2) is 0 Å². The standard InChI is InChI=1S/C20H25BrO3/c1-19-8-6-15-14-5-3-13(22)10-12(14)2-4-16(15)17(19)7-9-20(19,24)18(23)11-21/h3,5,10,15-17,22,24H,2,4,6-9,11H2,1H3/t15-,16-,17+,19+,20+/m1/s1. The van der Waals surface area contributed by atoms with Gasteiger partial charge in [0.1, 0.15) is 11.4 Å². The summed E-state index contributed by atoms with van der Waals surface area (Å²) in [5, 5.41) is 21.2. The number of phenolic OH excluding ortho intramolecular Hbond substituents is 1. The van der Waals surface area contributed by atoms with E-state index in [1.807, 2.05) is 6.07 Å². The van der Waals surface area contributed by atoms with E-state index in [9.17, 15) is 15.0 Å². The Morgan fingerprint density at radius 1 is 1.29 bits per heavy atom. The molecule has 2 fully saturated rings. The van der Waals surface area contributed by atoms with Crippen LogP contribution in [-0.2, 0) is 11.2 Å². The zero-order valence-electron chi connectivity index (χ0n) is 14.1. The quantitative estimate of drug-likeness (QED) is 0.749. The molecule has 4 heteroatoms. The van der Waals surface area contributed by atoms with Crippen LogP contribution in [0.25, 0.3) is 0 Å². The lowest BCUT2D eigenvalue weighted by Crippen LogP contribution is -2.55. The van der Waals surface area contributed by atoms with Gasteiger partial charge in [-0.05, 0) is 79.5 Å². The molecule has 0 saturated heterocycles. The lowest BCUT2D eigenvalue weighted by molar-refractivity contribution is -0.154.